The molecule has 0 aliphatic heterocycles. The summed E-state index contributed by atoms with van der Waals surface area (Å²) in [5, 5.41) is 0. The van der Waals surface area contributed by atoms with Gasteiger partial charge in [-0.2, -0.15) is 0 Å². The van der Waals surface area contributed by atoms with Crippen molar-refractivity contribution >= 4 is 0 Å². The molecular weight excluding hydrogens is 234 g/mol. The lowest BCUT2D eigenvalue weighted by Gasteiger charge is -2.27. The Morgan fingerprint density at radius 3 is 2.37 bits per heavy atom. The van der Waals surface area contributed by atoms with E-state index in [-0.39, 0.29) is 6.10 Å². The number of benzene rings is 2. The van der Waals surface area contributed by atoms with Crippen molar-refractivity contribution in [2.45, 2.75) is 18.6 Å². The Bertz CT molecular complexity index is 550. The van der Waals surface area contributed by atoms with Gasteiger partial charge in [-0.05, 0) is 43.8 Å². The summed E-state index contributed by atoms with van der Waals surface area (Å²) in [6, 6.07) is 19.1. The zero-order valence-electron chi connectivity index (χ0n) is 11.4. The molecule has 3 rings (SSSR count). The summed E-state index contributed by atoms with van der Waals surface area (Å²) >= 11 is 0. The van der Waals surface area contributed by atoms with Crippen molar-refractivity contribution in [2.75, 3.05) is 14.1 Å². The molecule has 0 saturated heterocycles. The van der Waals surface area contributed by atoms with Crippen LogP contribution in [-0.2, 0) is 6.42 Å². The van der Waals surface area contributed by atoms with Gasteiger partial charge < -0.3 is 9.64 Å². The third-order valence-electron chi connectivity index (χ3n) is 3.81. The van der Waals surface area contributed by atoms with Crippen molar-refractivity contribution in [3.63, 3.8) is 0 Å². The van der Waals surface area contributed by atoms with Gasteiger partial charge in [-0.15, -0.1) is 0 Å². The standard InChI is InChI=1S/C17H19NO/c1-18(2)16-12-13-8-6-7-11-15(13)17(16)19-14-9-4-3-5-10-14/h3-11,16-17H,12H2,1-2H3. The quantitative estimate of drug-likeness (QED) is 0.832. The van der Waals surface area contributed by atoms with Crippen molar-refractivity contribution in [2.24, 2.45) is 0 Å². The van der Waals surface area contributed by atoms with E-state index in [1.54, 1.807) is 0 Å². The lowest BCUT2D eigenvalue weighted by molar-refractivity contribution is 0.111. The van der Waals surface area contributed by atoms with Crippen molar-refractivity contribution in [3.05, 3.63) is 65.7 Å². The van der Waals surface area contributed by atoms with Gasteiger partial charge in [0, 0.05) is 0 Å². The molecule has 0 heterocycles. The molecule has 0 radical (unpaired) electrons. The molecule has 0 bridgehead atoms. The average Bonchev–Trinajstić information content (AvgIpc) is 2.79. The normalized spacial score (nSPS) is 21.4. The number of likely N-dealkylation sites (N-methyl/N-ethyl adjacent to an activating group) is 1. The molecule has 2 nitrogen and oxygen atoms in total. The van der Waals surface area contributed by atoms with E-state index in [0.717, 1.165) is 12.2 Å². The zero-order valence-corrected chi connectivity index (χ0v) is 11.4. The Morgan fingerprint density at radius 2 is 1.63 bits per heavy atom. The Morgan fingerprint density at radius 1 is 0.947 bits per heavy atom. The Kier molecular flexibility index (Phi) is 3.26. The molecule has 0 amide bonds. The first kappa shape index (κ1) is 12.2. The third-order valence-corrected chi connectivity index (χ3v) is 3.81. The Hall–Kier alpha value is -1.80. The van der Waals surface area contributed by atoms with Gasteiger partial charge in [-0.25, -0.2) is 0 Å². The van der Waals surface area contributed by atoms with Crippen LogP contribution in [0.4, 0.5) is 0 Å². The van der Waals surface area contributed by atoms with E-state index in [0.29, 0.717) is 6.04 Å². The van der Waals surface area contributed by atoms with Crippen LogP contribution in [-0.4, -0.2) is 25.0 Å². The minimum atomic E-state index is 0.119. The topological polar surface area (TPSA) is 12.5 Å². The van der Waals surface area contributed by atoms with Gasteiger partial charge in [0.25, 0.3) is 0 Å². The Balaban J connectivity index is 1.92. The summed E-state index contributed by atoms with van der Waals surface area (Å²) in [5.74, 6) is 0.941. The molecule has 0 aromatic heterocycles. The van der Waals surface area contributed by atoms with Crippen molar-refractivity contribution in [1.82, 2.24) is 4.90 Å². The fourth-order valence-corrected chi connectivity index (χ4v) is 2.78. The summed E-state index contributed by atoms with van der Waals surface area (Å²) in [6.07, 6.45) is 1.18. The fourth-order valence-electron chi connectivity index (χ4n) is 2.78. The summed E-state index contributed by atoms with van der Waals surface area (Å²) in [4.78, 5) is 2.26. The maximum atomic E-state index is 6.23. The first-order chi connectivity index (χ1) is 9.25. The van der Waals surface area contributed by atoms with Crippen molar-refractivity contribution in [3.8, 4) is 5.75 Å². The molecule has 1 aliphatic rings. The van der Waals surface area contributed by atoms with Crippen LogP contribution < -0.4 is 4.74 Å². The van der Waals surface area contributed by atoms with Gasteiger partial charge in [-0.3, -0.25) is 0 Å². The number of rotatable bonds is 3. The molecule has 0 fully saturated rings. The first-order valence-corrected chi connectivity index (χ1v) is 6.71. The molecule has 0 saturated carbocycles. The van der Waals surface area contributed by atoms with E-state index in [9.17, 15) is 0 Å². The lowest BCUT2D eigenvalue weighted by atomic mass is 10.1. The molecule has 0 N–H and O–H groups in total. The van der Waals surface area contributed by atoms with E-state index in [1.807, 2.05) is 30.3 Å². The number of para-hydroxylation sites is 1. The van der Waals surface area contributed by atoms with Gasteiger partial charge in [0.2, 0.25) is 0 Å². The Labute approximate surface area is 114 Å². The number of hydrogen-bond donors (Lipinski definition) is 0. The highest BCUT2D eigenvalue weighted by Gasteiger charge is 2.35. The predicted octanol–water partition coefficient (Wildman–Crippen LogP) is 3.29. The molecule has 2 unspecified atom stereocenters. The summed E-state index contributed by atoms with van der Waals surface area (Å²) < 4.78 is 6.23. The zero-order chi connectivity index (χ0) is 13.2. The van der Waals surface area contributed by atoms with Gasteiger partial charge in [0.15, 0.2) is 0 Å². The second kappa shape index (κ2) is 5.06. The van der Waals surface area contributed by atoms with Crippen LogP contribution in [0.1, 0.15) is 17.2 Å². The fraction of sp³-hybridized carbons (Fsp3) is 0.294. The largest absolute Gasteiger partial charge is 0.484 e. The number of nitrogens with zero attached hydrogens (tertiary/aromatic N) is 1. The van der Waals surface area contributed by atoms with Crippen molar-refractivity contribution in [1.29, 1.82) is 0 Å². The third kappa shape index (κ3) is 2.36. The van der Waals surface area contributed by atoms with Crippen LogP contribution in [0, 0.1) is 0 Å². The maximum Gasteiger partial charge on any atom is 0.140 e. The van der Waals surface area contributed by atoms with Gasteiger partial charge in [0.05, 0.1) is 6.04 Å². The van der Waals surface area contributed by atoms with E-state index >= 15 is 0 Å². The minimum absolute atomic E-state index is 0.119. The highest BCUT2D eigenvalue weighted by Crippen LogP contribution is 2.36. The highest BCUT2D eigenvalue weighted by atomic mass is 16.5. The van der Waals surface area contributed by atoms with E-state index in [4.69, 9.17) is 4.74 Å². The monoisotopic (exact) mass is 253 g/mol. The summed E-state index contributed by atoms with van der Waals surface area (Å²) in [7, 11) is 4.25. The predicted molar refractivity (Wildman–Crippen MR) is 77.4 cm³/mol. The minimum Gasteiger partial charge on any atom is -0.484 e. The lowest BCUT2D eigenvalue weighted by Crippen LogP contribution is -2.34. The molecule has 2 atom stereocenters. The van der Waals surface area contributed by atoms with E-state index < -0.39 is 0 Å². The number of hydrogen-bond acceptors (Lipinski definition) is 2. The van der Waals surface area contributed by atoms with E-state index in [2.05, 4.69) is 43.3 Å². The molecule has 19 heavy (non-hydrogen) atoms. The molecule has 2 aromatic rings. The SMILES string of the molecule is CN(C)C1Cc2ccccc2C1Oc1ccccc1. The van der Waals surface area contributed by atoms with Crippen LogP contribution in [0.5, 0.6) is 5.75 Å². The molecule has 2 heteroatoms. The smallest absolute Gasteiger partial charge is 0.140 e. The molecule has 0 spiro atoms. The maximum absolute atomic E-state index is 6.23. The molecule has 2 aromatic carbocycles. The number of fused-ring (bicyclic) bond motifs is 1. The second-order valence-corrected chi connectivity index (χ2v) is 5.29. The molecule has 1 aliphatic carbocycles. The number of ether oxygens (including phenoxy) is 1. The average molecular weight is 253 g/mol. The second-order valence-electron chi connectivity index (χ2n) is 5.29. The summed E-state index contributed by atoms with van der Waals surface area (Å²) in [6.45, 7) is 0. The summed E-state index contributed by atoms with van der Waals surface area (Å²) in [5.41, 5.74) is 2.73. The van der Waals surface area contributed by atoms with Gasteiger partial charge >= 0.3 is 0 Å². The van der Waals surface area contributed by atoms with Crippen LogP contribution in [0.3, 0.4) is 0 Å². The highest BCUT2D eigenvalue weighted by molar-refractivity contribution is 5.37. The van der Waals surface area contributed by atoms with Crippen LogP contribution in [0.15, 0.2) is 54.6 Å². The van der Waals surface area contributed by atoms with Gasteiger partial charge in [-0.1, -0.05) is 42.5 Å². The van der Waals surface area contributed by atoms with Crippen LogP contribution in [0.25, 0.3) is 0 Å². The van der Waals surface area contributed by atoms with Crippen LogP contribution in [0.2, 0.25) is 0 Å². The van der Waals surface area contributed by atoms with Crippen molar-refractivity contribution < 1.29 is 4.74 Å². The first-order valence-electron chi connectivity index (χ1n) is 6.71. The molecular formula is C17H19NO. The van der Waals surface area contributed by atoms with E-state index in [1.165, 1.54) is 11.1 Å². The van der Waals surface area contributed by atoms with Gasteiger partial charge in [0.1, 0.15) is 11.9 Å². The van der Waals surface area contributed by atoms with Crippen LogP contribution >= 0.6 is 0 Å². The molecule has 98 valence electrons.